The number of carbonyl (C=O) groups excluding carboxylic acids is 1. The maximum atomic E-state index is 10.2. The topological polar surface area (TPSA) is 240 Å². The third-order valence-electron chi connectivity index (χ3n) is 1.10. The smallest absolute Gasteiger partial charge is 0.810 e. The van der Waals surface area contributed by atoms with Gasteiger partial charge in [0.25, 0.3) is 0 Å². The number of aliphatic carboxylic acids is 1. The van der Waals surface area contributed by atoms with Crippen LogP contribution < -0.4 is 37.0 Å². The first-order valence-electron chi connectivity index (χ1n) is 3.44. The van der Waals surface area contributed by atoms with Crippen molar-refractivity contribution in [3.8, 4) is 0 Å². The van der Waals surface area contributed by atoms with Crippen LogP contribution >= 0.6 is 15.2 Å². The summed E-state index contributed by atoms with van der Waals surface area (Å²) in [4.78, 5) is 51.1. The molecule has 0 aliphatic carbocycles. The van der Waals surface area contributed by atoms with E-state index >= 15 is 0 Å². The van der Waals surface area contributed by atoms with Gasteiger partial charge < -0.3 is 50.9 Å². The van der Waals surface area contributed by atoms with Gasteiger partial charge in [-0.2, -0.15) is 0 Å². The number of carboxylic acids is 1. The van der Waals surface area contributed by atoms with Gasteiger partial charge in [-0.15, -0.1) is 0 Å². The minimum absolute atomic E-state index is 0. The maximum Gasteiger partial charge on any atom is 1.00 e. The summed E-state index contributed by atoms with van der Waals surface area (Å²) < 4.78 is 20.5. The molecule has 0 unspecified atom stereocenters. The van der Waals surface area contributed by atoms with Gasteiger partial charge in [-0.25, -0.2) is 0 Å². The van der Waals surface area contributed by atoms with E-state index in [1.807, 2.05) is 0 Å². The molecule has 18 heavy (non-hydrogen) atoms. The number of nitrogens with zero attached hydrogens (tertiary/aromatic N) is 1. The Morgan fingerprint density at radius 3 is 1.44 bits per heavy atom. The Kier molecular flexibility index (Phi) is 15.1. The third-order valence-corrected chi connectivity index (χ3v) is 2.59. The Hall–Kier alpha value is 0.338. The van der Waals surface area contributed by atoms with Gasteiger partial charge in [0, 0.05) is 40.2 Å². The molecule has 0 radical (unpaired) electrons. The molecule has 0 bridgehead atoms. The average molecular weight is 490 g/mol. The monoisotopic (exact) mass is 490 g/mol. The predicted molar refractivity (Wildman–Crippen MR) is 50.0 cm³/mol. The average Bonchev–Trinajstić information content (AvgIpc) is 1.73. The van der Waals surface area contributed by atoms with Crippen molar-refractivity contribution in [2.75, 3.05) is 19.1 Å². The van der Waals surface area contributed by atoms with Crippen molar-refractivity contribution in [3.63, 3.8) is 0 Å². The van der Waals surface area contributed by atoms with Gasteiger partial charge in [-0.05, 0) is 0 Å². The molecule has 0 aliphatic heterocycles. The summed E-state index contributed by atoms with van der Waals surface area (Å²) in [5.41, 5.74) is 0. The van der Waals surface area contributed by atoms with Crippen LogP contribution in [0.2, 0.25) is 0 Å². The second-order valence-electron chi connectivity index (χ2n) is 2.71. The summed E-state index contributed by atoms with van der Waals surface area (Å²) in [6.45, 7) is -1.12. The summed E-state index contributed by atoms with van der Waals surface area (Å²) in [5, 5.41) is 10.0. The fourth-order valence-corrected chi connectivity index (χ4v) is 2.35. The zero-order chi connectivity index (χ0) is 12.3. The Labute approximate surface area is 122 Å². The molecular weight excluding hydrogens is 475 g/mol. The molecule has 14 heteroatoms. The van der Waals surface area contributed by atoms with E-state index in [1.54, 1.807) is 0 Å². The molecule has 0 aromatic rings. The van der Waals surface area contributed by atoms with E-state index in [1.165, 1.54) is 0 Å². The first-order valence-corrected chi connectivity index (χ1v) is 6.89. The van der Waals surface area contributed by atoms with Crippen LogP contribution in [0.4, 0.5) is 0 Å². The molecule has 116 valence electrons. The van der Waals surface area contributed by atoms with Crippen LogP contribution in [0.3, 0.4) is 0 Å². The zero-order valence-corrected chi connectivity index (χ0v) is 13.0. The molecule has 0 spiro atoms. The van der Waals surface area contributed by atoms with Crippen LogP contribution in [-0.4, -0.2) is 30.0 Å². The second-order valence-corrected chi connectivity index (χ2v) is 5.71. The molecule has 0 saturated carbocycles. The molecule has 0 amide bonds. The van der Waals surface area contributed by atoms with Crippen molar-refractivity contribution >= 4 is 21.2 Å². The summed E-state index contributed by atoms with van der Waals surface area (Å²) in [6.07, 6.45) is -2.70. The molecule has 0 atom stereocenters. The fourth-order valence-electron chi connectivity index (χ4n) is 0.817. The Morgan fingerprint density at radius 2 is 1.28 bits per heavy atom. The minimum Gasteiger partial charge on any atom is -0.810 e. The largest absolute Gasteiger partial charge is 1.00 e. The number of carboxylic acid groups (broad SMARTS) is 1. The molecule has 0 fully saturated rings. The first-order chi connectivity index (χ1) is 6.49. The van der Waals surface area contributed by atoms with Gasteiger partial charge in [0.2, 0.25) is 0 Å². The minimum atomic E-state index is -5.13. The number of hydrogen-bond donors (Lipinski definition) is 2. The van der Waals surface area contributed by atoms with Gasteiger partial charge in [0.05, 0.1) is 5.97 Å². The van der Waals surface area contributed by atoms with Crippen molar-refractivity contribution < 1.29 is 63.9 Å². The molecule has 0 aliphatic rings. The van der Waals surface area contributed by atoms with E-state index in [0.717, 1.165) is 0 Å². The van der Waals surface area contributed by atoms with E-state index in [0.29, 0.717) is 0 Å². The summed E-state index contributed by atoms with van der Waals surface area (Å²) in [7, 11) is -10.3. The van der Waals surface area contributed by atoms with Crippen LogP contribution in [0.15, 0.2) is 0 Å². The predicted octanol–water partition coefficient (Wildman–Crippen LogP) is -4.56. The molecule has 0 aromatic carbocycles. The van der Waals surface area contributed by atoms with E-state index in [4.69, 9.17) is 0 Å². The van der Waals surface area contributed by atoms with Crippen LogP contribution in [0.5, 0.6) is 0 Å². The Bertz CT molecular complexity index is 317. The standard InChI is InChI=1S/C4H11NO8P2.2H3N.Pt/c6-4(7)1-5(2-14(8,9)10)3-15(11,12)13;;;/h1-3H2,(H,6,7)(H2,8,9,10)(H2,11,12,13);2*1H3;/p-2. The van der Waals surface area contributed by atoms with Crippen molar-refractivity contribution in [2.45, 2.75) is 0 Å². The second kappa shape index (κ2) is 10.2. The number of hydrogen-bond acceptors (Lipinski definition) is 11. The SMILES string of the molecule is N.N.O=C([O-])CN(CP(=O)([O-])[O-])CP(=O)([O-])[O-].[H+].[H+].[H+].[Pt]. The molecular formula is C4H15N3O8P2Pt-2. The van der Waals surface area contributed by atoms with Gasteiger partial charge in [-0.3, -0.25) is 4.90 Å². The molecule has 0 rings (SSSR count). The van der Waals surface area contributed by atoms with Crippen LogP contribution in [0.1, 0.15) is 4.28 Å². The third kappa shape index (κ3) is 18.7. The van der Waals surface area contributed by atoms with E-state index < -0.39 is 40.3 Å². The molecule has 0 aromatic heterocycles. The van der Waals surface area contributed by atoms with Gasteiger partial charge in [-0.1, -0.05) is 15.2 Å². The van der Waals surface area contributed by atoms with Crippen molar-refractivity contribution in [2.24, 2.45) is 0 Å². The van der Waals surface area contributed by atoms with Gasteiger partial charge in [0.15, 0.2) is 0 Å². The van der Waals surface area contributed by atoms with E-state index in [-0.39, 0.29) is 42.5 Å². The summed E-state index contributed by atoms with van der Waals surface area (Å²) in [6, 6.07) is 0. The molecule has 0 saturated heterocycles. The van der Waals surface area contributed by atoms with Crippen LogP contribution in [-0.2, 0) is 35.0 Å². The molecule has 11 nitrogen and oxygen atoms in total. The quantitative estimate of drug-likeness (QED) is 0.336. The van der Waals surface area contributed by atoms with E-state index in [9.17, 15) is 38.6 Å². The Morgan fingerprint density at radius 1 is 1.00 bits per heavy atom. The maximum absolute atomic E-state index is 10.2. The fraction of sp³-hybridized carbons (Fsp3) is 0.750. The molecule has 6 N–H and O–H groups in total. The van der Waals surface area contributed by atoms with Crippen LogP contribution in [0, 0.1) is 0 Å². The Balaban J connectivity index is -0.0000000653. The summed E-state index contributed by atoms with van der Waals surface area (Å²) in [5.74, 6) is -1.79. The van der Waals surface area contributed by atoms with Crippen molar-refractivity contribution in [1.29, 1.82) is 0 Å². The zero-order valence-electron chi connectivity index (χ0n) is 12.0. The first kappa shape index (κ1) is 26.8. The number of rotatable bonds is 6. The van der Waals surface area contributed by atoms with E-state index in [2.05, 4.69) is 0 Å². The van der Waals surface area contributed by atoms with Crippen molar-refractivity contribution in [3.05, 3.63) is 0 Å². The van der Waals surface area contributed by atoms with Gasteiger partial charge in [0.1, 0.15) is 0 Å². The normalized spacial score (nSPS) is 10.9. The van der Waals surface area contributed by atoms with Crippen molar-refractivity contribution in [1.82, 2.24) is 17.2 Å². The number of carbonyl (C=O) groups is 1. The summed E-state index contributed by atoms with van der Waals surface area (Å²) >= 11 is 0. The van der Waals surface area contributed by atoms with Crippen LogP contribution in [0.25, 0.3) is 0 Å². The van der Waals surface area contributed by atoms with Gasteiger partial charge >= 0.3 is 4.28 Å². The molecule has 0 heterocycles.